The first-order chi connectivity index (χ1) is 12.1. The predicted molar refractivity (Wildman–Crippen MR) is 99.6 cm³/mol. The standard InChI is InChI=1S/C18H18N6O/c1-13-17(25)20-18(23-21-13)22-19-12-14-8-10-16(11-9-14)24(2)15-6-4-3-5-7-15/h3-12H,1-2H3,(H2,20,22,23,25). The van der Waals surface area contributed by atoms with Gasteiger partial charge in [-0.2, -0.15) is 5.10 Å². The van der Waals surface area contributed by atoms with Crippen molar-refractivity contribution in [1.29, 1.82) is 0 Å². The van der Waals surface area contributed by atoms with Gasteiger partial charge in [0.2, 0.25) is 5.95 Å². The maximum atomic E-state index is 11.4. The quantitative estimate of drug-likeness (QED) is 0.553. The molecule has 0 aliphatic carbocycles. The summed E-state index contributed by atoms with van der Waals surface area (Å²) in [6.07, 6.45) is 1.64. The lowest BCUT2D eigenvalue weighted by atomic mass is 10.2. The number of hydrogen-bond acceptors (Lipinski definition) is 6. The van der Waals surface area contributed by atoms with Crippen molar-refractivity contribution < 1.29 is 0 Å². The fraction of sp³-hybridized carbons (Fsp3) is 0.111. The largest absolute Gasteiger partial charge is 0.345 e. The van der Waals surface area contributed by atoms with Crippen molar-refractivity contribution in [2.24, 2.45) is 5.10 Å². The SMILES string of the molecule is Cc1nnc(NN=Cc2ccc(N(C)c3ccccc3)cc2)[nH]c1=O. The molecule has 0 unspecified atom stereocenters. The normalized spacial score (nSPS) is 10.8. The Labute approximate surface area is 145 Å². The molecule has 0 saturated carbocycles. The van der Waals surface area contributed by atoms with Gasteiger partial charge in [-0.3, -0.25) is 9.78 Å². The third-order valence-corrected chi connectivity index (χ3v) is 3.67. The number of anilines is 3. The molecule has 0 spiro atoms. The molecule has 0 bridgehead atoms. The Hall–Kier alpha value is -3.48. The molecule has 0 radical (unpaired) electrons. The van der Waals surface area contributed by atoms with Gasteiger partial charge in [-0.1, -0.05) is 30.3 Å². The molecular weight excluding hydrogens is 316 g/mol. The Balaban J connectivity index is 1.66. The van der Waals surface area contributed by atoms with Crippen LogP contribution in [0.3, 0.4) is 0 Å². The van der Waals surface area contributed by atoms with Crippen LogP contribution in [0.1, 0.15) is 11.3 Å². The lowest BCUT2D eigenvalue weighted by Gasteiger charge is -2.19. The smallest absolute Gasteiger partial charge is 0.274 e. The minimum absolute atomic E-state index is 0.201. The number of aromatic amines is 1. The topological polar surface area (TPSA) is 86.3 Å². The van der Waals surface area contributed by atoms with Crippen molar-refractivity contribution in [2.45, 2.75) is 6.92 Å². The number of aromatic nitrogens is 3. The number of aryl methyl sites for hydroxylation is 1. The third kappa shape index (κ3) is 4.08. The van der Waals surface area contributed by atoms with Gasteiger partial charge >= 0.3 is 0 Å². The van der Waals surface area contributed by atoms with Gasteiger partial charge in [-0.15, -0.1) is 10.2 Å². The van der Waals surface area contributed by atoms with E-state index in [1.54, 1.807) is 13.1 Å². The Kier molecular flexibility index (Phi) is 4.84. The monoisotopic (exact) mass is 334 g/mol. The van der Waals surface area contributed by atoms with Crippen molar-refractivity contribution in [3.63, 3.8) is 0 Å². The van der Waals surface area contributed by atoms with Crippen LogP contribution in [0.25, 0.3) is 0 Å². The van der Waals surface area contributed by atoms with Gasteiger partial charge in [-0.25, -0.2) is 5.43 Å². The summed E-state index contributed by atoms with van der Waals surface area (Å²) in [6.45, 7) is 1.59. The van der Waals surface area contributed by atoms with Crippen LogP contribution >= 0.6 is 0 Å². The Morgan fingerprint density at radius 2 is 1.72 bits per heavy atom. The minimum atomic E-state index is -0.291. The molecule has 126 valence electrons. The van der Waals surface area contributed by atoms with Crippen molar-refractivity contribution in [3.8, 4) is 0 Å². The van der Waals surface area contributed by atoms with E-state index in [1.165, 1.54) is 0 Å². The van der Waals surface area contributed by atoms with Gasteiger partial charge in [0, 0.05) is 18.4 Å². The van der Waals surface area contributed by atoms with Crippen LogP contribution in [-0.4, -0.2) is 28.4 Å². The second kappa shape index (κ2) is 7.39. The minimum Gasteiger partial charge on any atom is -0.345 e. The van der Waals surface area contributed by atoms with Crippen LogP contribution in [-0.2, 0) is 0 Å². The number of para-hydroxylation sites is 1. The molecule has 0 saturated heterocycles. The molecule has 0 aliphatic rings. The molecule has 0 amide bonds. The molecule has 7 heteroatoms. The summed E-state index contributed by atoms with van der Waals surface area (Å²) in [7, 11) is 2.02. The summed E-state index contributed by atoms with van der Waals surface area (Å²) in [5.41, 5.74) is 5.79. The van der Waals surface area contributed by atoms with E-state index < -0.39 is 0 Å². The number of nitrogens with one attached hydrogen (secondary N) is 2. The van der Waals surface area contributed by atoms with E-state index in [-0.39, 0.29) is 11.5 Å². The highest BCUT2D eigenvalue weighted by Crippen LogP contribution is 2.22. The molecule has 0 fully saturated rings. The average molecular weight is 334 g/mol. The van der Waals surface area contributed by atoms with E-state index in [0.29, 0.717) is 5.69 Å². The molecule has 25 heavy (non-hydrogen) atoms. The van der Waals surface area contributed by atoms with Gasteiger partial charge < -0.3 is 4.90 Å². The Morgan fingerprint density at radius 1 is 1.04 bits per heavy atom. The summed E-state index contributed by atoms with van der Waals surface area (Å²) in [5, 5.41) is 11.6. The van der Waals surface area contributed by atoms with E-state index in [0.717, 1.165) is 16.9 Å². The van der Waals surface area contributed by atoms with Crippen LogP contribution < -0.4 is 15.9 Å². The number of hydrazone groups is 1. The molecule has 2 N–H and O–H groups in total. The fourth-order valence-corrected chi connectivity index (χ4v) is 2.20. The van der Waals surface area contributed by atoms with Crippen LogP contribution in [0.4, 0.5) is 17.3 Å². The van der Waals surface area contributed by atoms with E-state index in [9.17, 15) is 4.79 Å². The number of hydrogen-bond donors (Lipinski definition) is 2. The lowest BCUT2D eigenvalue weighted by molar-refractivity contribution is 0.897. The molecule has 0 atom stereocenters. The van der Waals surface area contributed by atoms with Crippen LogP contribution in [0.15, 0.2) is 64.5 Å². The first kappa shape index (κ1) is 16.4. The van der Waals surface area contributed by atoms with E-state index in [4.69, 9.17) is 0 Å². The molecule has 1 heterocycles. The number of nitrogens with zero attached hydrogens (tertiary/aromatic N) is 4. The lowest BCUT2D eigenvalue weighted by Crippen LogP contribution is -2.15. The van der Waals surface area contributed by atoms with E-state index in [1.807, 2.05) is 49.5 Å². The number of rotatable bonds is 5. The third-order valence-electron chi connectivity index (χ3n) is 3.67. The molecule has 2 aromatic carbocycles. The highest BCUT2D eigenvalue weighted by molar-refractivity contribution is 5.81. The zero-order chi connectivity index (χ0) is 17.6. The van der Waals surface area contributed by atoms with Gasteiger partial charge in [-0.05, 0) is 36.8 Å². The molecule has 3 aromatic rings. The summed E-state index contributed by atoms with van der Waals surface area (Å²) in [6, 6.07) is 18.1. The van der Waals surface area contributed by atoms with Crippen molar-refractivity contribution >= 4 is 23.5 Å². The van der Waals surface area contributed by atoms with Crippen molar-refractivity contribution in [3.05, 3.63) is 76.2 Å². The van der Waals surface area contributed by atoms with Crippen molar-refractivity contribution in [2.75, 3.05) is 17.4 Å². The first-order valence-corrected chi connectivity index (χ1v) is 7.75. The number of H-pyrrole nitrogens is 1. The summed E-state index contributed by atoms with van der Waals surface area (Å²) in [4.78, 5) is 16.1. The summed E-state index contributed by atoms with van der Waals surface area (Å²) < 4.78 is 0. The molecular formula is C18H18N6O. The second-order valence-electron chi connectivity index (χ2n) is 5.44. The molecule has 0 aliphatic heterocycles. The molecule has 1 aromatic heterocycles. The van der Waals surface area contributed by atoms with Crippen LogP contribution in [0, 0.1) is 6.92 Å². The zero-order valence-electron chi connectivity index (χ0n) is 14.0. The summed E-state index contributed by atoms with van der Waals surface area (Å²) in [5.74, 6) is 0.201. The predicted octanol–water partition coefficient (Wildman–Crippen LogP) is 2.69. The highest BCUT2D eigenvalue weighted by Gasteiger charge is 2.02. The second-order valence-corrected chi connectivity index (χ2v) is 5.44. The average Bonchev–Trinajstić information content (AvgIpc) is 2.65. The number of benzene rings is 2. The Bertz CT molecular complexity index is 918. The molecule has 3 rings (SSSR count). The molecule has 7 nitrogen and oxygen atoms in total. The van der Waals surface area contributed by atoms with Crippen LogP contribution in [0.5, 0.6) is 0 Å². The Morgan fingerprint density at radius 3 is 2.40 bits per heavy atom. The highest BCUT2D eigenvalue weighted by atomic mass is 16.1. The van der Waals surface area contributed by atoms with Gasteiger partial charge in [0.15, 0.2) is 0 Å². The first-order valence-electron chi connectivity index (χ1n) is 7.75. The zero-order valence-corrected chi connectivity index (χ0v) is 14.0. The maximum absolute atomic E-state index is 11.4. The van der Waals surface area contributed by atoms with Gasteiger partial charge in [0.05, 0.1) is 6.21 Å². The van der Waals surface area contributed by atoms with E-state index in [2.05, 4.69) is 42.7 Å². The van der Waals surface area contributed by atoms with E-state index >= 15 is 0 Å². The van der Waals surface area contributed by atoms with Gasteiger partial charge in [0.25, 0.3) is 5.56 Å². The van der Waals surface area contributed by atoms with Crippen molar-refractivity contribution in [1.82, 2.24) is 15.2 Å². The summed E-state index contributed by atoms with van der Waals surface area (Å²) >= 11 is 0. The van der Waals surface area contributed by atoms with Crippen LogP contribution in [0.2, 0.25) is 0 Å². The fourth-order valence-electron chi connectivity index (χ4n) is 2.20. The van der Waals surface area contributed by atoms with Gasteiger partial charge in [0.1, 0.15) is 5.69 Å². The maximum Gasteiger partial charge on any atom is 0.274 e.